The van der Waals surface area contributed by atoms with Crippen molar-refractivity contribution in [2.24, 2.45) is 0 Å². The van der Waals surface area contributed by atoms with Gasteiger partial charge >= 0.3 is 0 Å². The molecule has 0 spiro atoms. The SMILES string of the molecule is Cc1ccc(NC(=O)CN2C(=O)S/C(=C\c3ccc(OCCOc4ccc(C(C)(C)C)cc4)cc3)C2=O)cc1. The van der Waals surface area contributed by atoms with Crippen LogP contribution >= 0.6 is 11.8 Å². The first-order valence-electron chi connectivity index (χ1n) is 12.7. The van der Waals surface area contributed by atoms with Crippen molar-refractivity contribution in [2.45, 2.75) is 33.1 Å². The van der Waals surface area contributed by atoms with Crippen LogP contribution in [0.25, 0.3) is 6.08 Å². The first kappa shape index (κ1) is 28.0. The fraction of sp³-hybridized carbons (Fsp3) is 0.258. The van der Waals surface area contributed by atoms with Crippen LogP contribution in [0.5, 0.6) is 11.5 Å². The fourth-order valence-electron chi connectivity index (χ4n) is 3.80. The summed E-state index contributed by atoms with van der Waals surface area (Å²) in [7, 11) is 0. The summed E-state index contributed by atoms with van der Waals surface area (Å²) < 4.78 is 11.5. The van der Waals surface area contributed by atoms with Gasteiger partial charge in [-0.2, -0.15) is 0 Å². The molecule has 39 heavy (non-hydrogen) atoms. The molecule has 7 nitrogen and oxygen atoms in total. The molecule has 8 heteroatoms. The summed E-state index contributed by atoms with van der Waals surface area (Å²) in [5.74, 6) is 0.537. The second-order valence-corrected chi connectivity index (χ2v) is 11.2. The summed E-state index contributed by atoms with van der Waals surface area (Å²) in [6.45, 7) is 8.91. The van der Waals surface area contributed by atoms with Gasteiger partial charge in [0.2, 0.25) is 5.91 Å². The van der Waals surface area contributed by atoms with Crippen LogP contribution < -0.4 is 14.8 Å². The van der Waals surface area contributed by atoms with Gasteiger partial charge in [0.05, 0.1) is 4.91 Å². The number of hydrogen-bond donors (Lipinski definition) is 1. The molecular weight excluding hydrogens is 512 g/mol. The number of aryl methyl sites for hydroxylation is 1. The molecule has 0 saturated carbocycles. The van der Waals surface area contributed by atoms with E-state index < -0.39 is 17.1 Å². The summed E-state index contributed by atoms with van der Waals surface area (Å²) in [4.78, 5) is 38.8. The van der Waals surface area contributed by atoms with Gasteiger partial charge < -0.3 is 14.8 Å². The summed E-state index contributed by atoms with van der Waals surface area (Å²) in [5.41, 5.74) is 3.76. The molecule has 0 aliphatic carbocycles. The molecule has 1 N–H and O–H groups in total. The third-order valence-corrected chi connectivity index (χ3v) is 6.94. The minimum absolute atomic E-state index is 0.0980. The molecule has 1 aliphatic heterocycles. The molecule has 0 atom stereocenters. The van der Waals surface area contributed by atoms with Crippen molar-refractivity contribution in [1.82, 2.24) is 4.90 Å². The van der Waals surface area contributed by atoms with E-state index >= 15 is 0 Å². The molecule has 1 heterocycles. The van der Waals surface area contributed by atoms with E-state index in [9.17, 15) is 14.4 Å². The number of thioether (sulfide) groups is 1. The summed E-state index contributed by atoms with van der Waals surface area (Å²) >= 11 is 0.819. The maximum absolute atomic E-state index is 12.8. The number of ether oxygens (including phenoxy) is 2. The molecule has 1 fully saturated rings. The zero-order valence-corrected chi connectivity index (χ0v) is 23.3. The molecule has 0 aromatic heterocycles. The molecule has 3 amide bonds. The van der Waals surface area contributed by atoms with Gasteiger partial charge in [0.1, 0.15) is 31.3 Å². The van der Waals surface area contributed by atoms with Gasteiger partial charge in [-0.3, -0.25) is 19.3 Å². The van der Waals surface area contributed by atoms with Crippen molar-refractivity contribution < 1.29 is 23.9 Å². The predicted molar refractivity (Wildman–Crippen MR) is 155 cm³/mol. The topological polar surface area (TPSA) is 84.9 Å². The Morgan fingerprint density at radius 1 is 0.872 bits per heavy atom. The highest BCUT2D eigenvalue weighted by Crippen LogP contribution is 2.32. The smallest absolute Gasteiger partial charge is 0.294 e. The highest BCUT2D eigenvalue weighted by atomic mass is 32.2. The van der Waals surface area contributed by atoms with Crippen LogP contribution in [-0.2, 0) is 15.0 Å². The third kappa shape index (κ3) is 7.74. The standard InChI is InChI=1S/C31H32N2O5S/c1-21-5-11-24(12-6-21)32-28(34)20-33-29(35)27(39-30(33)36)19-22-7-13-25(14-8-22)37-17-18-38-26-15-9-23(10-16-26)31(2,3)4/h5-16,19H,17-18,20H2,1-4H3,(H,32,34)/b27-19-. The number of benzene rings is 3. The van der Waals surface area contributed by atoms with Crippen molar-refractivity contribution in [3.63, 3.8) is 0 Å². The quantitative estimate of drug-likeness (QED) is 0.247. The highest BCUT2D eigenvalue weighted by molar-refractivity contribution is 8.18. The number of imide groups is 1. The molecular formula is C31H32N2O5S. The van der Waals surface area contributed by atoms with Gasteiger partial charge in [0.25, 0.3) is 11.1 Å². The Bertz CT molecular complexity index is 1360. The van der Waals surface area contributed by atoms with Crippen LogP contribution in [0.3, 0.4) is 0 Å². The Morgan fingerprint density at radius 3 is 2.00 bits per heavy atom. The van der Waals surface area contributed by atoms with Gasteiger partial charge in [-0.25, -0.2) is 0 Å². The zero-order valence-electron chi connectivity index (χ0n) is 22.5. The molecule has 0 radical (unpaired) electrons. The van der Waals surface area contributed by atoms with E-state index in [-0.39, 0.29) is 16.9 Å². The van der Waals surface area contributed by atoms with Crippen molar-refractivity contribution in [1.29, 1.82) is 0 Å². The first-order valence-corrected chi connectivity index (χ1v) is 13.5. The number of carbonyl (C=O) groups is 3. The van der Waals surface area contributed by atoms with Crippen LogP contribution in [0.2, 0.25) is 0 Å². The molecule has 3 aromatic carbocycles. The molecule has 1 aliphatic rings. The van der Waals surface area contributed by atoms with Gasteiger partial charge in [-0.05, 0) is 77.7 Å². The van der Waals surface area contributed by atoms with E-state index in [1.807, 2.05) is 31.2 Å². The van der Waals surface area contributed by atoms with Crippen molar-refractivity contribution >= 4 is 40.6 Å². The average Bonchev–Trinajstić information content (AvgIpc) is 3.16. The van der Waals surface area contributed by atoms with E-state index in [1.54, 1.807) is 42.5 Å². The number of hydrogen-bond acceptors (Lipinski definition) is 6. The summed E-state index contributed by atoms with van der Waals surface area (Å²) in [6, 6.07) is 22.6. The van der Waals surface area contributed by atoms with Gasteiger partial charge in [-0.1, -0.05) is 62.7 Å². The monoisotopic (exact) mass is 544 g/mol. The lowest BCUT2D eigenvalue weighted by Gasteiger charge is -2.19. The van der Waals surface area contributed by atoms with Crippen molar-refractivity contribution in [3.05, 3.63) is 94.4 Å². The van der Waals surface area contributed by atoms with E-state index in [1.165, 1.54) is 5.56 Å². The lowest BCUT2D eigenvalue weighted by Crippen LogP contribution is -2.36. The van der Waals surface area contributed by atoms with Gasteiger partial charge in [0.15, 0.2) is 0 Å². The maximum Gasteiger partial charge on any atom is 0.294 e. The maximum atomic E-state index is 12.8. The summed E-state index contributed by atoms with van der Waals surface area (Å²) in [6.07, 6.45) is 1.64. The Hall–Kier alpha value is -4.04. The molecule has 0 bridgehead atoms. The second-order valence-electron chi connectivity index (χ2n) is 10.2. The van der Waals surface area contributed by atoms with E-state index in [0.29, 0.717) is 24.7 Å². The first-order chi connectivity index (χ1) is 18.6. The molecule has 202 valence electrons. The fourth-order valence-corrected chi connectivity index (χ4v) is 4.64. The van der Waals surface area contributed by atoms with Crippen LogP contribution in [0.1, 0.15) is 37.5 Å². The van der Waals surface area contributed by atoms with Crippen LogP contribution in [0, 0.1) is 6.92 Å². The molecule has 1 saturated heterocycles. The van der Waals surface area contributed by atoms with Crippen LogP contribution in [0.4, 0.5) is 10.5 Å². The van der Waals surface area contributed by atoms with Gasteiger partial charge in [-0.15, -0.1) is 0 Å². The molecule has 4 rings (SSSR count). The van der Waals surface area contributed by atoms with Crippen molar-refractivity contribution in [2.75, 3.05) is 25.1 Å². The molecule has 0 unspecified atom stereocenters. The van der Waals surface area contributed by atoms with E-state index in [4.69, 9.17) is 9.47 Å². The van der Waals surface area contributed by atoms with Gasteiger partial charge in [0, 0.05) is 5.69 Å². The van der Waals surface area contributed by atoms with E-state index in [2.05, 4.69) is 38.2 Å². The number of rotatable bonds is 9. The minimum Gasteiger partial charge on any atom is -0.490 e. The summed E-state index contributed by atoms with van der Waals surface area (Å²) in [5, 5.41) is 2.24. The van der Waals surface area contributed by atoms with E-state index in [0.717, 1.165) is 33.5 Å². The second kappa shape index (κ2) is 12.2. The van der Waals surface area contributed by atoms with Crippen LogP contribution in [0.15, 0.2) is 77.7 Å². The number of anilines is 1. The number of nitrogens with zero attached hydrogens (tertiary/aromatic N) is 1. The van der Waals surface area contributed by atoms with Crippen molar-refractivity contribution in [3.8, 4) is 11.5 Å². The lowest BCUT2D eigenvalue weighted by molar-refractivity contribution is -0.127. The number of nitrogens with one attached hydrogen (secondary N) is 1. The zero-order chi connectivity index (χ0) is 28.0. The Balaban J connectivity index is 1.25. The lowest BCUT2D eigenvalue weighted by atomic mass is 9.87. The number of carbonyl (C=O) groups excluding carboxylic acids is 3. The minimum atomic E-state index is -0.489. The third-order valence-electron chi connectivity index (χ3n) is 6.03. The normalized spacial score (nSPS) is 14.6. The average molecular weight is 545 g/mol. The highest BCUT2D eigenvalue weighted by Gasteiger charge is 2.36. The largest absolute Gasteiger partial charge is 0.490 e. The Labute approximate surface area is 233 Å². The number of amides is 3. The van der Waals surface area contributed by atoms with Crippen LogP contribution in [-0.4, -0.2) is 41.7 Å². The molecule has 3 aromatic rings. The Kier molecular flexibility index (Phi) is 8.76. The predicted octanol–water partition coefficient (Wildman–Crippen LogP) is 6.43. The Morgan fingerprint density at radius 2 is 1.44 bits per heavy atom.